The summed E-state index contributed by atoms with van der Waals surface area (Å²) in [5.41, 5.74) is 0. The summed E-state index contributed by atoms with van der Waals surface area (Å²) >= 11 is 2.04. The first-order chi connectivity index (χ1) is 6.75. The van der Waals surface area contributed by atoms with E-state index in [2.05, 4.69) is 0 Å². The summed E-state index contributed by atoms with van der Waals surface area (Å²) in [4.78, 5) is 0. The highest BCUT2D eigenvalue weighted by molar-refractivity contribution is 14.1. The topological polar surface area (TPSA) is 18.5 Å². The predicted molar refractivity (Wildman–Crippen MR) is 61.1 cm³/mol. The molecule has 0 saturated carbocycles. The van der Waals surface area contributed by atoms with Crippen molar-refractivity contribution >= 4 is 22.6 Å². The van der Waals surface area contributed by atoms with E-state index in [4.69, 9.17) is 9.47 Å². The molecule has 0 aliphatic carbocycles. The fourth-order valence-corrected chi connectivity index (χ4v) is 1.59. The van der Waals surface area contributed by atoms with E-state index < -0.39 is 0 Å². The minimum atomic E-state index is -0.326. The van der Waals surface area contributed by atoms with E-state index >= 15 is 0 Å². The third-order valence-electron chi connectivity index (χ3n) is 1.60. The Bertz CT molecular complexity index is 271. The number of halogens is 2. The number of para-hydroxylation sites is 1. The molecule has 0 aromatic heterocycles. The van der Waals surface area contributed by atoms with Crippen molar-refractivity contribution in [1.82, 2.24) is 0 Å². The minimum Gasteiger partial charge on any atom is -0.487 e. The molecule has 2 nitrogen and oxygen atoms in total. The van der Waals surface area contributed by atoms with E-state index in [1.165, 1.54) is 6.07 Å². The monoisotopic (exact) mass is 310 g/mol. The Labute approximate surface area is 96.5 Å². The Balaban J connectivity index is 2.49. The van der Waals surface area contributed by atoms with E-state index in [0.717, 1.165) is 3.57 Å². The lowest BCUT2D eigenvalue weighted by atomic mass is 10.3. The van der Waals surface area contributed by atoms with Crippen LogP contribution in [-0.2, 0) is 4.74 Å². The Hall–Kier alpha value is -0.360. The molecular formula is C10H12FIO2. The van der Waals surface area contributed by atoms with Gasteiger partial charge in [-0.1, -0.05) is 6.07 Å². The molecular weight excluding hydrogens is 298 g/mol. The molecule has 1 aromatic carbocycles. The van der Waals surface area contributed by atoms with Crippen molar-refractivity contribution < 1.29 is 13.9 Å². The van der Waals surface area contributed by atoms with Crippen LogP contribution in [-0.4, -0.2) is 19.8 Å². The van der Waals surface area contributed by atoms with Gasteiger partial charge in [0.15, 0.2) is 11.6 Å². The molecule has 0 unspecified atom stereocenters. The number of hydrogen-bond donors (Lipinski definition) is 0. The second kappa shape index (κ2) is 6.19. The quantitative estimate of drug-likeness (QED) is 0.615. The van der Waals surface area contributed by atoms with Gasteiger partial charge in [0.1, 0.15) is 6.61 Å². The van der Waals surface area contributed by atoms with E-state index in [-0.39, 0.29) is 5.82 Å². The Morgan fingerprint density at radius 3 is 2.79 bits per heavy atom. The van der Waals surface area contributed by atoms with E-state index in [1.54, 1.807) is 12.1 Å². The van der Waals surface area contributed by atoms with Crippen LogP contribution in [0.15, 0.2) is 18.2 Å². The first-order valence-electron chi connectivity index (χ1n) is 4.40. The molecule has 0 N–H and O–H groups in total. The molecule has 1 rings (SSSR count). The zero-order valence-electron chi connectivity index (χ0n) is 7.93. The summed E-state index contributed by atoms with van der Waals surface area (Å²) < 4.78 is 24.3. The standard InChI is InChI=1S/C10H12FIO2/c1-2-13-6-7-14-10-8(11)4-3-5-9(10)12/h3-5H,2,6-7H2,1H3. The zero-order chi connectivity index (χ0) is 10.4. The number of rotatable bonds is 5. The van der Waals surface area contributed by atoms with Gasteiger partial charge >= 0.3 is 0 Å². The van der Waals surface area contributed by atoms with Crippen LogP contribution in [0.1, 0.15) is 6.92 Å². The maximum Gasteiger partial charge on any atom is 0.168 e. The van der Waals surface area contributed by atoms with Crippen LogP contribution in [0, 0.1) is 9.39 Å². The summed E-state index contributed by atoms with van der Waals surface area (Å²) in [5, 5.41) is 0. The van der Waals surface area contributed by atoms with Crippen LogP contribution in [0.3, 0.4) is 0 Å². The Kier molecular flexibility index (Phi) is 5.17. The van der Waals surface area contributed by atoms with Crippen molar-refractivity contribution in [1.29, 1.82) is 0 Å². The molecule has 0 aliphatic heterocycles. The largest absolute Gasteiger partial charge is 0.487 e. The lowest BCUT2D eigenvalue weighted by Crippen LogP contribution is -2.08. The Morgan fingerprint density at radius 2 is 2.14 bits per heavy atom. The van der Waals surface area contributed by atoms with Crippen molar-refractivity contribution in [2.45, 2.75) is 6.92 Å². The molecule has 0 saturated heterocycles. The molecule has 0 aliphatic rings. The zero-order valence-corrected chi connectivity index (χ0v) is 10.1. The molecule has 0 amide bonds. The lowest BCUT2D eigenvalue weighted by molar-refractivity contribution is 0.108. The van der Waals surface area contributed by atoms with Gasteiger partial charge in [0.25, 0.3) is 0 Å². The third kappa shape index (κ3) is 3.42. The van der Waals surface area contributed by atoms with Crippen LogP contribution in [0.4, 0.5) is 4.39 Å². The van der Waals surface area contributed by atoms with Crippen molar-refractivity contribution in [2.75, 3.05) is 19.8 Å². The number of hydrogen-bond acceptors (Lipinski definition) is 2. The molecule has 0 atom stereocenters. The van der Waals surface area contributed by atoms with Gasteiger partial charge in [0.2, 0.25) is 0 Å². The van der Waals surface area contributed by atoms with Crippen molar-refractivity contribution in [3.8, 4) is 5.75 Å². The van der Waals surface area contributed by atoms with Crippen LogP contribution in [0.25, 0.3) is 0 Å². The Morgan fingerprint density at radius 1 is 1.36 bits per heavy atom. The summed E-state index contributed by atoms with van der Waals surface area (Å²) in [6, 6.07) is 4.85. The maximum absolute atomic E-state index is 13.2. The van der Waals surface area contributed by atoms with Crippen molar-refractivity contribution in [3.05, 3.63) is 27.6 Å². The average molecular weight is 310 g/mol. The first-order valence-corrected chi connectivity index (χ1v) is 5.48. The van der Waals surface area contributed by atoms with Gasteiger partial charge in [0.05, 0.1) is 10.2 Å². The first kappa shape index (κ1) is 11.7. The molecule has 0 fully saturated rings. The normalized spacial score (nSPS) is 10.2. The van der Waals surface area contributed by atoms with E-state index in [0.29, 0.717) is 25.6 Å². The van der Waals surface area contributed by atoms with Crippen LogP contribution in [0.2, 0.25) is 0 Å². The molecule has 1 aromatic rings. The summed E-state index contributed by atoms with van der Waals surface area (Å²) in [7, 11) is 0. The van der Waals surface area contributed by atoms with Crippen molar-refractivity contribution in [3.63, 3.8) is 0 Å². The second-order valence-electron chi connectivity index (χ2n) is 2.60. The average Bonchev–Trinajstić information content (AvgIpc) is 2.16. The van der Waals surface area contributed by atoms with Gasteiger partial charge in [-0.25, -0.2) is 4.39 Å². The molecule has 14 heavy (non-hydrogen) atoms. The highest BCUT2D eigenvalue weighted by atomic mass is 127. The lowest BCUT2D eigenvalue weighted by Gasteiger charge is -2.08. The molecule has 78 valence electrons. The number of ether oxygens (including phenoxy) is 2. The molecule has 0 spiro atoms. The highest BCUT2D eigenvalue weighted by Gasteiger charge is 2.06. The maximum atomic E-state index is 13.2. The van der Waals surface area contributed by atoms with Crippen molar-refractivity contribution in [2.24, 2.45) is 0 Å². The highest BCUT2D eigenvalue weighted by Crippen LogP contribution is 2.23. The van der Waals surface area contributed by atoms with Gasteiger partial charge in [-0.2, -0.15) is 0 Å². The van der Waals surface area contributed by atoms with Crippen LogP contribution < -0.4 is 4.74 Å². The third-order valence-corrected chi connectivity index (χ3v) is 2.45. The summed E-state index contributed by atoms with van der Waals surface area (Å²) in [6.07, 6.45) is 0. The van der Waals surface area contributed by atoms with E-state index in [1.807, 2.05) is 29.5 Å². The van der Waals surface area contributed by atoms with Gasteiger partial charge < -0.3 is 9.47 Å². The molecule has 0 bridgehead atoms. The fraction of sp³-hybridized carbons (Fsp3) is 0.400. The van der Waals surface area contributed by atoms with Crippen LogP contribution in [0.5, 0.6) is 5.75 Å². The van der Waals surface area contributed by atoms with Gasteiger partial charge in [-0.3, -0.25) is 0 Å². The summed E-state index contributed by atoms with van der Waals surface area (Å²) in [5.74, 6) is -0.0128. The van der Waals surface area contributed by atoms with Gasteiger partial charge in [0, 0.05) is 6.61 Å². The van der Waals surface area contributed by atoms with Crippen LogP contribution >= 0.6 is 22.6 Å². The predicted octanol–water partition coefficient (Wildman–Crippen LogP) is 2.85. The molecule has 0 radical (unpaired) electrons. The molecule has 4 heteroatoms. The SMILES string of the molecule is CCOCCOc1c(F)cccc1I. The fourth-order valence-electron chi connectivity index (χ4n) is 0.967. The summed E-state index contributed by atoms with van der Waals surface area (Å²) in [6.45, 7) is 3.43. The smallest absolute Gasteiger partial charge is 0.168 e. The van der Waals surface area contributed by atoms with E-state index in [9.17, 15) is 4.39 Å². The van der Waals surface area contributed by atoms with Gasteiger partial charge in [-0.05, 0) is 41.6 Å². The number of benzene rings is 1. The molecule has 0 heterocycles. The van der Waals surface area contributed by atoms with Gasteiger partial charge in [-0.15, -0.1) is 0 Å². The minimum absolute atomic E-state index is 0.313. The second-order valence-corrected chi connectivity index (χ2v) is 3.76.